The highest BCUT2D eigenvalue weighted by molar-refractivity contribution is 7.80. The van der Waals surface area contributed by atoms with Crippen LogP contribution in [0.2, 0.25) is 0 Å². The molecule has 0 unspecified atom stereocenters. The first kappa shape index (κ1) is 15.0. The predicted molar refractivity (Wildman–Crippen MR) is 73.3 cm³/mol. The van der Waals surface area contributed by atoms with Crippen molar-refractivity contribution in [2.75, 3.05) is 6.54 Å². The molecule has 0 amide bonds. The van der Waals surface area contributed by atoms with Gasteiger partial charge in [-0.2, -0.15) is 0 Å². The van der Waals surface area contributed by atoms with Gasteiger partial charge >= 0.3 is 0 Å². The van der Waals surface area contributed by atoms with Crippen LogP contribution >= 0.6 is 12.2 Å². The Balaban J connectivity index is 2.76. The van der Waals surface area contributed by atoms with Gasteiger partial charge in [0.05, 0.1) is 4.99 Å². The molecule has 0 radical (unpaired) electrons. The maximum absolute atomic E-state index is 13.5. The van der Waals surface area contributed by atoms with Crippen molar-refractivity contribution in [3.63, 3.8) is 0 Å². The van der Waals surface area contributed by atoms with Crippen LogP contribution in [0.15, 0.2) is 18.2 Å². The van der Waals surface area contributed by atoms with Gasteiger partial charge in [-0.3, -0.25) is 4.90 Å². The number of halogens is 2. The van der Waals surface area contributed by atoms with E-state index in [1.807, 2.05) is 18.7 Å². The zero-order valence-electron chi connectivity index (χ0n) is 10.6. The third kappa shape index (κ3) is 4.66. The van der Waals surface area contributed by atoms with Crippen LogP contribution < -0.4 is 5.73 Å². The predicted octanol–water partition coefficient (Wildman–Crippen LogP) is 2.85. The molecule has 5 heteroatoms. The summed E-state index contributed by atoms with van der Waals surface area (Å²) in [5.41, 5.74) is 5.81. The van der Waals surface area contributed by atoms with Gasteiger partial charge in [0.15, 0.2) is 0 Å². The van der Waals surface area contributed by atoms with E-state index in [2.05, 4.69) is 0 Å². The molecular formula is C13H18F2N2S. The van der Waals surface area contributed by atoms with E-state index >= 15 is 0 Å². The highest BCUT2D eigenvalue weighted by Gasteiger charge is 2.13. The summed E-state index contributed by atoms with van der Waals surface area (Å²) < 4.78 is 26.6. The molecule has 1 rings (SSSR count). The van der Waals surface area contributed by atoms with Crippen molar-refractivity contribution in [2.45, 2.75) is 32.9 Å². The molecule has 1 aromatic carbocycles. The second-order valence-corrected chi connectivity index (χ2v) is 5.04. The zero-order chi connectivity index (χ0) is 13.7. The van der Waals surface area contributed by atoms with Gasteiger partial charge in [0.25, 0.3) is 0 Å². The van der Waals surface area contributed by atoms with Crippen LogP contribution in [-0.2, 0) is 6.54 Å². The molecule has 0 saturated carbocycles. The Bertz CT molecular complexity index is 421. The molecule has 2 N–H and O–H groups in total. The Morgan fingerprint density at radius 1 is 1.39 bits per heavy atom. The van der Waals surface area contributed by atoms with E-state index in [-0.39, 0.29) is 6.04 Å². The summed E-state index contributed by atoms with van der Waals surface area (Å²) in [5.74, 6) is -0.818. The minimum atomic E-state index is -0.426. The molecule has 0 bridgehead atoms. The molecule has 1 aromatic rings. The molecule has 0 spiro atoms. The average molecular weight is 272 g/mol. The molecule has 0 atom stereocenters. The lowest BCUT2D eigenvalue weighted by atomic mass is 10.1. The van der Waals surface area contributed by atoms with Crippen molar-refractivity contribution in [2.24, 2.45) is 5.73 Å². The summed E-state index contributed by atoms with van der Waals surface area (Å²) in [6.07, 6.45) is 0.574. The van der Waals surface area contributed by atoms with Gasteiger partial charge in [-0.05, 0) is 32.0 Å². The highest BCUT2D eigenvalue weighted by atomic mass is 32.1. The summed E-state index contributed by atoms with van der Waals surface area (Å²) in [6, 6.07) is 3.71. The molecule has 0 aliphatic carbocycles. The van der Waals surface area contributed by atoms with Crippen LogP contribution in [0.25, 0.3) is 0 Å². The number of benzene rings is 1. The van der Waals surface area contributed by atoms with E-state index in [1.165, 1.54) is 6.07 Å². The monoisotopic (exact) mass is 272 g/mol. The Morgan fingerprint density at radius 3 is 2.61 bits per heavy atom. The number of nitrogens with zero attached hydrogens (tertiary/aromatic N) is 1. The van der Waals surface area contributed by atoms with Crippen LogP contribution in [-0.4, -0.2) is 22.5 Å². The quantitative estimate of drug-likeness (QED) is 0.807. The molecule has 100 valence electrons. The van der Waals surface area contributed by atoms with E-state index in [4.69, 9.17) is 18.0 Å². The molecule has 0 heterocycles. The SMILES string of the molecule is CC(C)N(CCC(N)=S)Cc1cc(F)ccc1F. The van der Waals surface area contributed by atoms with Gasteiger partial charge < -0.3 is 5.73 Å². The fraction of sp³-hybridized carbons (Fsp3) is 0.462. The summed E-state index contributed by atoms with van der Waals surface area (Å²) >= 11 is 4.83. The van der Waals surface area contributed by atoms with Crippen molar-refractivity contribution in [1.29, 1.82) is 0 Å². The Labute approximate surface area is 112 Å². The van der Waals surface area contributed by atoms with E-state index < -0.39 is 11.6 Å². The summed E-state index contributed by atoms with van der Waals surface area (Å²) in [6.45, 7) is 4.99. The fourth-order valence-corrected chi connectivity index (χ4v) is 1.75. The molecule has 0 fully saturated rings. The summed E-state index contributed by atoms with van der Waals surface area (Å²) in [5, 5.41) is 0. The molecule has 0 aliphatic heterocycles. The number of thiocarbonyl (C=S) groups is 1. The number of hydrogen-bond donors (Lipinski definition) is 1. The molecule has 0 aliphatic rings. The van der Waals surface area contributed by atoms with Gasteiger partial charge in [-0.25, -0.2) is 8.78 Å². The number of nitrogens with two attached hydrogens (primary N) is 1. The van der Waals surface area contributed by atoms with E-state index in [0.717, 1.165) is 12.1 Å². The normalized spacial score (nSPS) is 11.2. The molecule has 18 heavy (non-hydrogen) atoms. The third-order valence-corrected chi connectivity index (χ3v) is 2.96. The zero-order valence-corrected chi connectivity index (χ0v) is 11.4. The second kappa shape index (κ2) is 6.75. The maximum Gasteiger partial charge on any atom is 0.127 e. The smallest absolute Gasteiger partial charge is 0.127 e. The first-order chi connectivity index (χ1) is 8.40. The minimum absolute atomic E-state index is 0.210. The lowest BCUT2D eigenvalue weighted by Crippen LogP contribution is -2.33. The van der Waals surface area contributed by atoms with Crippen LogP contribution in [0.3, 0.4) is 0 Å². The lowest BCUT2D eigenvalue weighted by molar-refractivity contribution is 0.216. The van der Waals surface area contributed by atoms with Crippen molar-refractivity contribution in [3.8, 4) is 0 Å². The van der Waals surface area contributed by atoms with E-state index in [9.17, 15) is 8.78 Å². The van der Waals surface area contributed by atoms with Crippen LogP contribution in [0, 0.1) is 11.6 Å². The first-order valence-corrected chi connectivity index (χ1v) is 6.27. The van der Waals surface area contributed by atoms with Crippen LogP contribution in [0.4, 0.5) is 8.78 Å². The van der Waals surface area contributed by atoms with Gasteiger partial charge in [0.1, 0.15) is 11.6 Å². The molecule has 0 aromatic heterocycles. The Hall–Kier alpha value is -1.07. The maximum atomic E-state index is 13.5. The minimum Gasteiger partial charge on any atom is -0.393 e. The molecule has 2 nitrogen and oxygen atoms in total. The fourth-order valence-electron chi connectivity index (χ4n) is 1.66. The largest absolute Gasteiger partial charge is 0.393 e. The van der Waals surface area contributed by atoms with Gasteiger partial charge in [0, 0.05) is 31.1 Å². The summed E-state index contributed by atoms with van der Waals surface area (Å²) in [7, 11) is 0. The Kier molecular flexibility index (Phi) is 5.62. The number of hydrogen-bond acceptors (Lipinski definition) is 2. The highest BCUT2D eigenvalue weighted by Crippen LogP contribution is 2.14. The average Bonchev–Trinajstić information content (AvgIpc) is 2.28. The van der Waals surface area contributed by atoms with Crippen LogP contribution in [0.5, 0.6) is 0 Å². The van der Waals surface area contributed by atoms with E-state index in [1.54, 1.807) is 0 Å². The topological polar surface area (TPSA) is 29.3 Å². The second-order valence-electron chi connectivity index (χ2n) is 4.52. The lowest BCUT2D eigenvalue weighted by Gasteiger charge is -2.26. The van der Waals surface area contributed by atoms with Crippen LogP contribution in [0.1, 0.15) is 25.8 Å². The molecule has 0 saturated heterocycles. The summed E-state index contributed by atoms with van der Waals surface area (Å²) in [4.78, 5) is 2.44. The first-order valence-electron chi connectivity index (χ1n) is 5.86. The van der Waals surface area contributed by atoms with Crippen molar-refractivity contribution in [3.05, 3.63) is 35.4 Å². The standard InChI is InChI=1S/C13H18F2N2S/c1-9(2)17(6-5-13(16)18)8-10-7-11(14)3-4-12(10)15/h3-4,7,9H,5-6,8H2,1-2H3,(H2,16,18). The van der Waals surface area contributed by atoms with E-state index in [0.29, 0.717) is 30.1 Å². The van der Waals surface area contributed by atoms with Crippen molar-refractivity contribution in [1.82, 2.24) is 4.90 Å². The van der Waals surface area contributed by atoms with Gasteiger partial charge in [-0.15, -0.1) is 0 Å². The van der Waals surface area contributed by atoms with Gasteiger partial charge in [0.2, 0.25) is 0 Å². The molecular weight excluding hydrogens is 254 g/mol. The van der Waals surface area contributed by atoms with Crippen molar-refractivity contribution < 1.29 is 8.78 Å². The third-order valence-electron chi connectivity index (χ3n) is 2.76. The Morgan fingerprint density at radius 2 is 2.06 bits per heavy atom. The van der Waals surface area contributed by atoms with Crippen molar-refractivity contribution >= 4 is 17.2 Å². The van der Waals surface area contributed by atoms with Gasteiger partial charge in [-0.1, -0.05) is 12.2 Å². The number of rotatable bonds is 6.